The molecule has 0 aromatic carbocycles. The second kappa shape index (κ2) is 2.11. The molecule has 0 aliphatic carbocycles. The number of rotatable bonds is 1. The van der Waals surface area contributed by atoms with Crippen molar-refractivity contribution >= 4 is 5.97 Å². The highest BCUT2D eigenvalue weighted by molar-refractivity contribution is 5.71. The van der Waals surface area contributed by atoms with E-state index >= 15 is 0 Å². The van der Waals surface area contributed by atoms with Gasteiger partial charge in [0.15, 0.2) is 6.23 Å². The lowest BCUT2D eigenvalue weighted by Gasteiger charge is -2.02. The Kier molecular flexibility index (Phi) is 1.45. The van der Waals surface area contributed by atoms with Crippen molar-refractivity contribution in [1.29, 1.82) is 0 Å². The molecule has 0 amide bonds. The molecular formula is C4H7NO3. The van der Waals surface area contributed by atoms with Crippen molar-refractivity contribution in [1.82, 2.24) is 5.48 Å². The van der Waals surface area contributed by atoms with Gasteiger partial charge in [0.1, 0.15) is 0 Å². The van der Waals surface area contributed by atoms with Gasteiger partial charge in [0.25, 0.3) is 0 Å². The number of nitrogens with one attached hydrogen (secondary N) is 1. The molecule has 1 fully saturated rings. The summed E-state index contributed by atoms with van der Waals surface area (Å²) in [5.74, 6) is -0.253. The van der Waals surface area contributed by atoms with Crippen LogP contribution in [0.4, 0.5) is 0 Å². The Bertz CT molecular complexity index is 103. The summed E-state index contributed by atoms with van der Waals surface area (Å²) in [7, 11) is 0. The molecule has 0 spiro atoms. The Morgan fingerprint density at radius 2 is 2.62 bits per heavy atom. The molecule has 4 heteroatoms. The zero-order chi connectivity index (χ0) is 5.98. The van der Waals surface area contributed by atoms with Gasteiger partial charge in [-0.25, -0.2) is 0 Å². The molecule has 0 saturated carbocycles. The summed E-state index contributed by atoms with van der Waals surface area (Å²) < 4.78 is 4.51. The lowest BCUT2D eigenvalue weighted by Crippen LogP contribution is -2.24. The van der Waals surface area contributed by atoms with Crippen molar-refractivity contribution in [2.75, 3.05) is 0 Å². The van der Waals surface area contributed by atoms with Gasteiger partial charge in [0, 0.05) is 6.42 Å². The van der Waals surface area contributed by atoms with E-state index in [9.17, 15) is 4.79 Å². The molecule has 0 unspecified atom stereocenters. The molecule has 0 bridgehead atoms. The van der Waals surface area contributed by atoms with Crippen molar-refractivity contribution in [3.63, 3.8) is 0 Å². The second-order valence-electron chi connectivity index (χ2n) is 1.65. The predicted octanol–water partition coefficient (Wildman–Crippen LogP) is -0.372. The minimum absolute atomic E-state index is 0.253. The summed E-state index contributed by atoms with van der Waals surface area (Å²) in [6, 6.07) is 0. The van der Waals surface area contributed by atoms with E-state index in [0.717, 1.165) is 0 Å². The molecule has 4 nitrogen and oxygen atoms in total. The van der Waals surface area contributed by atoms with Crippen molar-refractivity contribution in [3.8, 4) is 0 Å². The third kappa shape index (κ3) is 0.962. The molecule has 2 N–H and O–H groups in total. The normalized spacial score (nSPS) is 28.1. The third-order valence-electron chi connectivity index (χ3n) is 1.03. The lowest BCUT2D eigenvalue weighted by atomic mass is 10.3. The summed E-state index contributed by atoms with van der Waals surface area (Å²) >= 11 is 0. The molecule has 1 aliphatic heterocycles. The van der Waals surface area contributed by atoms with Crippen molar-refractivity contribution in [3.05, 3.63) is 0 Å². The van der Waals surface area contributed by atoms with Crippen LogP contribution in [0.1, 0.15) is 12.8 Å². The first-order valence-corrected chi connectivity index (χ1v) is 2.42. The van der Waals surface area contributed by atoms with Crippen LogP contribution in [0.2, 0.25) is 0 Å². The molecule has 8 heavy (non-hydrogen) atoms. The zero-order valence-corrected chi connectivity index (χ0v) is 4.26. The largest absolute Gasteiger partial charge is 0.444 e. The van der Waals surface area contributed by atoms with Crippen LogP contribution in [0.3, 0.4) is 0 Å². The number of ether oxygens (including phenoxy) is 1. The van der Waals surface area contributed by atoms with Crippen LogP contribution in [0.5, 0.6) is 0 Å². The maximum atomic E-state index is 10.2. The lowest BCUT2D eigenvalue weighted by molar-refractivity contribution is -0.146. The van der Waals surface area contributed by atoms with Crippen molar-refractivity contribution in [2.24, 2.45) is 0 Å². The first kappa shape index (κ1) is 5.53. The van der Waals surface area contributed by atoms with E-state index in [2.05, 4.69) is 4.74 Å². The first-order valence-electron chi connectivity index (χ1n) is 2.42. The van der Waals surface area contributed by atoms with Crippen LogP contribution in [-0.2, 0) is 9.53 Å². The Hall–Kier alpha value is -0.610. The number of hydrogen-bond acceptors (Lipinski definition) is 4. The number of cyclic esters (lactones) is 1. The highest BCUT2D eigenvalue weighted by Crippen LogP contribution is 2.09. The molecular weight excluding hydrogens is 110 g/mol. The Balaban J connectivity index is 2.32. The van der Waals surface area contributed by atoms with Gasteiger partial charge in [-0.05, 0) is 0 Å². The van der Waals surface area contributed by atoms with Gasteiger partial charge < -0.3 is 9.94 Å². The van der Waals surface area contributed by atoms with Crippen LogP contribution >= 0.6 is 0 Å². The Morgan fingerprint density at radius 1 is 1.88 bits per heavy atom. The highest BCUT2D eigenvalue weighted by Gasteiger charge is 2.21. The van der Waals surface area contributed by atoms with Crippen LogP contribution in [0, 0.1) is 0 Å². The fourth-order valence-electron chi connectivity index (χ4n) is 0.616. The quantitative estimate of drug-likeness (QED) is 0.363. The van der Waals surface area contributed by atoms with E-state index in [0.29, 0.717) is 12.8 Å². The number of hydroxylamine groups is 1. The predicted molar refractivity (Wildman–Crippen MR) is 24.0 cm³/mol. The standard InChI is InChI=1S/C4H7NO3/c6-4-2-1-3(5-7)8-4/h3,5,7H,1-2H2/t3-/m0/s1. The summed E-state index contributed by atoms with van der Waals surface area (Å²) in [6.45, 7) is 0. The maximum absolute atomic E-state index is 10.2. The number of carbonyl (C=O) groups is 1. The van der Waals surface area contributed by atoms with Crippen molar-refractivity contribution in [2.45, 2.75) is 19.1 Å². The van der Waals surface area contributed by atoms with Gasteiger partial charge in [-0.1, -0.05) is 0 Å². The summed E-state index contributed by atoms with van der Waals surface area (Å²) in [4.78, 5) is 10.2. The van der Waals surface area contributed by atoms with Gasteiger partial charge in [-0.3, -0.25) is 4.79 Å². The second-order valence-corrected chi connectivity index (χ2v) is 1.65. The average Bonchev–Trinajstić information content (AvgIpc) is 2.14. The van der Waals surface area contributed by atoms with Crippen LogP contribution in [-0.4, -0.2) is 17.4 Å². The Labute approximate surface area is 46.4 Å². The van der Waals surface area contributed by atoms with E-state index in [1.54, 1.807) is 0 Å². The molecule has 1 rings (SSSR count). The summed E-state index contributed by atoms with van der Waals surface area (Å²) in [5, 5.41) is 8.16. The topological polar surface area (TPSA) is 58.6 Å². The first-order chi connectivity index (χ1) is 3.83. The van der Waals surface area contributed by atoms with E-state index in [4.69, 9.17) is 5.21 Å². The van der Waals surface area contributed by atoms with Gasteiger partial charge in [0.05, 0.1) is 6.42 Å². The van der Waals surface area contributed by atoms with E-state index < -0.39 is 6.23 Å². The smallest absolute Gasteiger partial charge is 0.307 e. The maximum Gasteiger partial charge on any atom is 0.307 e. The van der Waals surface area contributed by atoms with E-state index in [1.807, 2.05) is 5.48 Å². The fraction of sp³-hybridized carbons (Fsp3) is 0.750. The molecule has 1 aliphatic rings. The highest BCUT2D eigenvalue weighted by atomic mass is 16.6. The summed E-state index contributed by atoms with van der Waals surface area (Å²) in [6.07, 6.45) is 0.496. The SMILES string of the molecule is O=C1CC[C@@H](NO)O1. The van der Waals surface area contributed by atoms with Gasteiger partial charge in [-0.15, -0.1) is 0 Å². The van der Waals surface area contributed by atoms with Gasteiger partial charge in [-0.2, -0.15) is 5.48 Å². The molecule has 0 radical (unpaired) electrons. The molecule has 1 heterocycles. The average molecular weight is 117 g/mol. The van der Waals surface area contributed by atoms with Gasteiger partial charge >= 0.3 is 5.97 Å². The molecule has 1 atom stereocenters. The molecule has 0 aromatic rings. The minimum atomic E-state index is -0.470. The third-order valence-corrected chi connectivity index (χ3v) is 1.03. The number of carbonyl (C=O) groups excluding carboxylic acids is 1. The van der Waals surface area contributed by atoms with Crippen molar-refractivity contribution < 1.29 is 14.7 Å². The molecule has 0 aromatic heterocycles. The minimum Gasteiger partial charge on any atom is -0.444 e. The van der Waals surface area contributed by atoms with Crippen LogP contribution in [0.15, 0.2) is 0 Å². The summed E-state index contributed by atoms with van der Waals surface area (Å²) in [5.41, 5.74) is 1.85. The molecule has 46 valence electrons. The van der Waals surface area contributed by atoms with E-state index in [-0.39, 0.29) is 5.97 Å². The van der Waals surface area contributed by atoms with Crippen LogP contribution in [0.25, 0.3) is 0 Å². The molecule has 1 saturated heterocycles. The number of esters is 1. The monoisotopic (exact) mass is 117 g/mol. The fourth-order valence-corrected chi connectivity index (χ4v) is 0.616. The zero-order valence-electron chi connectivity index (χ0n) is 4.26. The Morgan fingerprint density at radius 3 is 2.88 bits per heavy atom. The van der Waals surface area contributed by atoms with Gasteiger partial charge in [0.2, 0.25) is 0 Å². The van der Waals surface area contributed by atoms with Crippen LogP contribution < -0.4 is 5.48 Å². The van der Waals surface area contributed by atoms with E-state index in [1.165, 1.54) is 0 Å². The number of hydrogen-bond donors (Lipinski definition) is 2.